The molecule has 3 aromatic rings. The average molecular weight is 533 g/mol. The van der Waals surface area contributed by atoms with Crippen molar-refractivity contribution < 1.29 is 14.6 Å². The van der Waals surface area contributed by atoms with Crippen LogP contribution < -0.4 is 10.5 Å². The molecule has 0 bridgehead atoms. The standard InChI is InChI=1S/C29H36N6O4/c36-26(21-4-5-21)32-12-7-29(38,8-13-32)19-34-20-30-25-24(27(34)37)17-31-35(25)23-3-1-2-22(16-23)33-11-6-28(18-33)9-14-39-15-10-28/h1-3,16-17,20-21,38H,4-15,18-19H2. The number of anilines is 1. The maximum atomic E-state index is 13.4. The van der Waals surface area contributed by atoms with E-state index in [9.17, 15) is 14.7 Å². The molecule has 206 valence electrons. The minimum Gasteiger partial charge on any atom is -0.388 e. The van der Waals surface area contributed by atoms with Crippen molar-refractivity contribution in [2.45, 2.75) is 57.1 Å². The summed E-state index contributed by atoms with van der Waals surface area (Å²) in [5.41, 5.74) is 1.63. The van der Waals surface area contributed by atoms with Crippen LogP contribution in [-0.2, 0) is 16.1 Å². The number of hydrogen-bond donors (Lipinski definition) is 1. The zero-order valence-electron chi connectivity index (χ0n) is 22.3. The van der Waals surface area contributed by atoms with Crippen molar-refractivity contribution >= 4 is 22.6 Å². The number of amides is 1. The smallest absolute Gasteiger partial charge is 0.264 e. The number of hydrogen-bond acceptors (Lipinski definition) is 7. The second kappa shape index (κ2) is 9.45. The summed E-state index contributed by atoms with van der Waals surface area (Å²) in [5.74, 6) is 0.392. The molecule has 7 rings (SSSR count). The fraction of sp³-hybridized carbons (Fsp3) is 0.586. The fourth-order valence-electron chi connectivity index (χ4n) is 6.65. The Balaban J connectivity index is 1.09. The van der Waals surface area contributed by atoms with Crippen LogP contribution in [0.2, 0.25) is 0 Å². The average Bonchev–Trinajstić information content (AvgIpc) is 3.59. The SMILES string of the molecule is O=C(C1CC1)N1CCC(O)(Cn2cnc3c(cnn3-c3cccc(N4CCC5(CCOCC5)C4)c3)c2=O)CC1. The van der Waals surface area contributed by atoms with E-state index in [4.69, 9.17) is 4.74 Å². The zero-order valence-corrected chi connectivity index (χ0v) is 22.3. The molecular weight excluding hydrogens is 496 g/mol. The molecular formula is C29H36N6O4. The molecule has 0 radical (unpaired) electrons. The van der Waals surface area contributed by atoms with Crippen molar-refractivity contribution in [2.24, 2.45) is 11.3 Å². The highest BCUT2D eigenvalue weighted by Crippen LogP contribution is 2.41. The van der Waals surface area contributed by atoms with Gasteiger partial charge < -0.3 is 19.6 Å². The van der Waals surface area contributed by atoms with E-state index in [-0.39, 0.29) is 23.9 Å². The van der Waals surface area contributed by atoms with E-state index in [1.807, 2.05) is 17.0 Å². The van der Waals surface area contributed by atoms with E-state index in [1.165, 1.54) is 17.3 Å². The van der Waals surface area contributed by atoms with Gasteiger partial charge in [-0.15, -0.1) is 0 Å². The number of rotatable bonds is 5. The van der Waals surface area contributed by atoms with Crippen LogP contribution in [0.5, 0.6) is 0 Å². The number of carbonyl (C=O) groups is 1. The lowest BCUT2D eigenvalue weighted by Crippen LogP contribution is -2.50. The van der Waals surface area contributed by atoms with E-state index >= 15 is 0 Å². The monoisotopic (exact) mass is 532 g/mol. The van der Waals surface area contributed by atoms with Crippen LogP contribution in [0.3, 0.4) is 0 Å². The Kier molecular flexibility index (Phi) is 6.00. The molecule has 39 heavy (non-hydrogen) atoms. The predicted octanol–water partition coefficient (Wildman–Crippen LogP) is 2.35. The molecule has 2 aromatic heterocycles. The third-order valence-electron chi connectivity index (χ3n) is 9.38. The number of piperidine rings is 1. The Bertz CT molecular complexity index is 1450. The summed E-state index contributed by atoms with van der Waals surface area (Å²) in [4.78, 5) is 34.7. The van der Waals surface area contributed by atoms with Gasteiger partial charge in [-0.05, 0) is 68.6 Å². The molecule has 1 saturated carbocycles. The van der Waals surface area contributed by atoms with Crippen molar-refractivity contribution in [2.75, 3.05) is 44.3 Å². The maximum Gasteiger partial charge on any atom is 0.264 e. The first-order valence-corrected chi connectivity index (χ1v) is 14.3. The molecule has 5 heterocycles. The lowest BCUT2D eigenvalue weighted by Gasteiger charge is -2.38. The number of fused-ring (bicyclic) bond motifs is 1. The Morgan fingerprint density at radius 3 is 2.59 bits per heavy atom. The topological polar surface area (TPSA) is 106 Å². The van der Waals surface area contributed by atoms with Crippen LogP contribution in [-0.4, -0.2) is 80.2 Å². The van der Waals surface area contributed by atoms with Crippen LogP contribution in [0.4, 0.5) is 5.69 Å². The second-order valence-corrected chi connectivity index (χ2v) is 12.1. The van der Waals surface area contributed by atoms with Gasteiger partial charge in [0.05, 0.1) is 24.0 Å². The molecule has 4 fully saturated rings. The number of ether oxygens (including phenoxy) is 1. The Labute approximate surface area is 227 Å². The first kappa shape index (κ1) is 24.8. The third-order valence-corrected chi connectivity index (χ3v) is 9.38. The van der Waals surface area contributed by atoms with Gasteiger partial charge in [-0.3, -0.25) is 14.2 Å². The summed E-state index contributed by atoms with van der Waals surface area (Å²) in [5, 5.41) is 16.2. The molecule has 10 nitrogen and oxygen atoms in total. The first-order valence-electron chi connectivity index (χ1n) is 14.3. The predicted molar refractivity (Wildman–Crippen MR) is 146 cm³/mol. The van der Waals surface area contributed by atoms with Crippen LogP contribution >= 0.6 is 0 Å². The van der Waals surface area contributed by atoms with Gasteiger partial charge in [-0.1, -0.05) is 6.07 Å². The first-order chi connectivity index (χ1) is 18.9. The number of benzene rings is 1. The van der Waals surface area contributed by atoms with Gasteiger partial charge in [0.1, 0.15) is 11.7 Å². The maximum absolute atomic E-state index is 13.4. The van der Waals surface area contributed by atoms with Crippen LogP contribution in [0.15, 0.2) is 41.6 Å². The lowest BCUT2D eigenvalue weighted by atomic mass is 9.80. The third kappa shape index (κ3) is 4.63. The van der Waals surface area contributed by atoms with Crippen molar-refractivity contribution in [1.82, 2.24) is 24.2 Å². The number of aliphatic hydroxyl groups is 1. The highest BCUT2D eigenvalue weighted by atomic mass is 16.5. The molecule has 0 unspecified atom stereocenters. The largest absolute Gasteiger partial charge is 0.388 e. The number of likely N-dealkylation sites (tertiary alicyclic amines) is 1. The highest BCUT2D eigenvalue weighted by molar-refractivity contribution is 5.81. The van der Waals surface area contributed by atoms with E-state index in [2.05, 4.69) is 27.1 Å². The van der Waals surface area contributed by atoms with Gasteiger partial charge in [0.25, 0.3) is 5.56 Å². The molecule has 0 atom stereocenters. The summed E-state index contributed by atoms with van der Waals surface area (Å²) in [6.45, 7) is 4.98. The number of carbonyl (C=O) groups excluding carboxylic acids is 1. The molecule has 1 amide bonds. The van der Waals surface area contributed by atoms with E-state index in [0.717, 1.165) is 63.4 Å². The Morgan fingerprint density at radius 1 is 1.05 bits per heavy atom. The molecule has 3 aliphatic heterocycles. The van der Waals surface area contributed by atoms with Crippen molar-refractivity contribution in [3.63, 3.8) is 0 Å². The zero-order chi connectivity index (χ0) is 26.6. The second-order valence-electron chi connectivity index (χ2n) is 12.1. The van der Waals surface area contributed by atoms with E-state index in [0.29, 0.717) is 42.4 Å². The van der Waals surface area contributed by atoms with Crippen LogP contribution in [0.1, 0.15) is 44.9 Å². The molecule has 3 saturated heterocycles. The summed E-state index contributed by atoms with van der Waals surface area (Å²) in [7, 11) is 0. The summed E-state index contributed by atoms with van der Waals surface area (Å²) < 4.78 is 8.81. The van der Waals surface area contributed by atoms with Crippen LogP contribution in [0, 0.1) is 11.3 Å². The molecule has 4 aliphatic rings. The molecule has 1 spiro atoms. The molecule has 1 aromatic carbocycles. The summed E-state index contributed by atoms with van der Waals surface area (Å²) in [6.07, 6.45) is 9.38. The fourth-order valence-corrected chi connectivity index (χ4v) is 6.65. The summed E-state index contributed by atoms with van der Waals surface area (Å²) in [6, 6.07) is 8.28. The Morgan fingerprint density at radius 2 is 1.82 bits per heavy atom. The Hall–Kier alpha value is -3.24. The summed E-state index contributed by atoms with van der Waals surface area (Å²) >= 11 is 0. The lowest BCUT2D eigenvalue weighted by molar-refractivity contribution is -0.137. The number of nitrogens with zero attached hydrogens (tertiary/aromatic N) is 6. The number of aromatic nitrogens is 4. The van der Waals surface area contributed by atoms with Gasteiger partial charge in [-0.25, -0.2) is 9.67 Å². The van der Waals surface area contributed by atoms with Gasteiger partial charge in [0.2, 0.25) is 5.91 Å². The van der Waals surface area contributed by atoms with Gasteiger partial charge in [0, 0.05) is 51.0 Å². The van der Waals surface area contributed by atoms with Crippen LogP contribution in [0.25, 0.3) is 16.7 Å². The minimum atomic E-state index is -1.04. The minimum absolute atomic E-state index is 0.155. The normalized spacial score (nSPS) is 22.6. The quantitative estimate of drug-likeness (QED) is 0.538. The van der Waals surface area contributed by atoms with Crippen molar-refractivity contribution in [1.29, 1.82) is 0 Å². The van der Waals surface area contributed by atoms with Gasteiger partial charge >= 0.3 is 0 Å². The molecule has 10 heteroatoms. The highest BCUT2D eigenvalue weighted by Gasteiger charge is 2.40. The van der Waals surface area contributed by atoms with E-state index < -0.39 is 5.60 Å². The molecule has 1 aliphatic carbocycles. The van der Waals surface area contributed by atoms with E-state index in [1.54, 1.807) is 10.9 Å². The molecule has 1 N–H and O–H groups in total. The van der Waals surface area contributed by atoms with Gasteiger partial charge in [0.15, 0.2) is 5.65 Å². The van der Waals surface area contributed by atoms with Crippen molar-refractivity contribution in [3.8, 4) is 5.69 Å². The van der Waals surface area contributed by atoms with Crippen molar-refractivity contribution in [3.05, 3.63) is 47.1 Å². The van der Waals surface area contributed by atoms with Gasteiger partial charge in [-0.2, -0.15) is 5.10 Å².